The molecule has 0 bridgehead atoms. The van der Waals surface area contributed by atoms with E-state index in [-0.39, 0.29) is 18.1 Å². The maximum Gasteiger partial charge on any atom is 0.0818 e. The lowest BCUT2D eigenvalue weighted by Crippen LogP contribution is -2.15. The highest BCUT2D eigenvalue weighted by Crippen LogP contribution is 2.39. The minimum atomic E-state index is -0.336. The molecular formula is C23H32O2. The zero-order chi connectivity index (χ0) is 17.6. The summed E-state index contributed by atoms with van der Waals surface area (Å²) in [6.07, 6.45) is 14.7. The average Bonchev–Trinajstić information content (AvgIpc) is 3.28. The smallest absolute Gasteiger partial charge is 0.0818 e. The van der Waals surface area contributed by atoms with E-state index in [4.69, 9.17) is 0 Å². The third-order valence-corrected chi connectivity index (χ3v) is 5.86. The molecule has 1 aromatic carbocycles. The minimum absolute atomic E-state index is 0.101. The van der Waals surface area contributed by atoms with Crippen LogP contribution in [0.5, 0.6) is 0 Å². The molecule has 3 atom stereocenters. The number of hydrogen-bond acceptors (Lipinski definition) is 2. The molecule has 2 nitrogen and oxygen atoms in total. The summed E-state index contributed by atoms with van der Waals surface area (Å²) in [6.45, 7) is 2.19. The summed E-state index contributed by atoms with van der Waals surface area (Å²) in [5.74, 6) is 0.519. The number of rotatable bonds is 7. The molecule has 1 aromatic rings. The third-order valence-electron chi connectivity index (χ3n) is 5.86. The van der Waals surface area contributed by atoms with Crippen molar-refractivity contribution >= 4 is 0 Å². The number of benzene rings is 1. The SMILES string of the molecule is CCCC=CCC1=CC[C@@H](O)[C@@H]1c1ccc(C(O)C2CCCC2)cc1. The van der Waals surface area contributed by atoms with Crippen molar-refractivity contribution in [1.29, 1.82) is 0 Å². The molecule has 136 valence electrons. The van der Waals surface area contributed by atoms with Gasteiger partial charge in [0.2, 0.25) is 0 Å². The number of hydrogen-bond donors (Lipinski definition) is 2. The Morgan fingerprint density at radius 2 is 1.84 bits per heavy atom. The van der Waals surface area contributed by atoms with Gasteiger partial charge in [-0.1, -0.05) is 74.3 Å². The van der Waals surface area contributed by atoms with Gasteiger partial charge in [-0.3, -0.25) is 0 Å². The third kappa shape index (κ3) is 4.43. The van der Waals surface area contributed by atoms with Gasteiger partial charge in [-0.15, -0.1) is 0 Å². The molecule has 1 unspecified atom stereocenters. The van der Waals surface area contributed by atoms with Gasteiger partial charge in [0.25, 0.3) is 0 Å². The van der Waals surface area contributed by atoms with E-state index in [2.05, 4.69) is 49.4 Å². The predicted octanol–water partition coefficient (Wildman–Crippen LogP) is 5.43. The zero-order valence-electron chi connectivity index (χ0n) is 15.4. The predicted molar refractivity (Wildman–Crippen MR) is 103 cm³/mol. The second kappa shape index (κ2) is 8.82. The molecule has 2 aliphatic rings. The van der Waals surface area contributed by atoms with Crippen molar-refractivity contribution in [2.24, 2.45) is 5.92 Å². The van der Waals surface area contributed by atoms with E-state index in [1.165, 1.54) is 30.4 Å². The van der Waals surface area contributed by atoms with Gasteiger partial charge in [0.05, 0.1) is 12.2 Å². The summed E-state index contributed by atoms with van der Waals surface area (Å²) in [4.78, 5) is 0. The molecule has 0 aromatic heterocycles. The first-order valence-corrected chi connectivity index (χ1v) is 10.0. The van der Waals surface area contributed by atoms with Crippen LogP contribution in [0.2, 0.25) is 0 Å². The summed E-state index contributed by atoms with van der Waals surface area (Å²) in [6, 6.07) is 8.34. The number of aliphatic hydroxyl groups excluding tert-OH is 2. The van der Waals surface area contributed by atoms with Gasteiger partial charge >= 0.3 is 0 Å². The molecule has 2 heteroatoms. The summed E-state index contributed by atoms with van der Waals surface area (Å²) in [5.41, 5.74) is 3.52. The van der Waals surface area contributed by atoms with Gasteiger partial charge < -0.3 is 10.2 Å². The van der Waals surface area contributed by atoms with Crippen LogP contribution in [0, 0.1) is 5.92 Å². The zero-order valence-corrected chi connectivity index (χ0v) is 15.4. The quantitative estimate of drug-likeness (QED) is 0.650. The molecule has 0 aliphatic heterocycles. The van der Waals surface area contributed by atoms with Crippen LogP contribution in [0.15, 0.2) is 48.1 Å². The van der Waals surface area contributed by atoms with Crippen molar-refractivity contribution in [2.45, 2.75) is 76.4 Å². The number of allylic oxidation sites excluding steroid dienone is 2. The number of unbranched alkanes of at least 4 members (excludes halogenated alkanes) is 1. The van der Waals surface area contributed by atoms with Crippen LogP contribution < -0.4 is 0 Å². The molecule has 25 heavy (non-hydrogen) atoms. The first-order valence-electron chi connectivity index (χ1n) is 10.0. The summed E-state index contributed by atoms with van der Waals surface area (Å²) in [5, 5.41) is 21.0. The fourth-order valence-electron chi connectivity index (χ4n) is 4.38. The van der Waals surface area contributed by atoms with E-state index in [1.54, 1.807) is 0 Å². The van der Waals surface area contributed by atoms with Crippen molar-refractivity contribution in [3.63, 3.8) is 0 Å². The van der Waals surface area contributed by atoms with E-state index in [0.717, 1.165) is 37.7 Å². The molecule has 0 heterocycles. The van der Waals surface area contributed by atoms with E-state index in [1.807, 2.05) is 0 Å². The van der Waals surface area contributed by atoms with E-state index in [0.29, 0.717) is 5.92 Å². The van der Waals surface area contributed by atoms with Gasteiger partial charge in [0, 0.05) is 5.92 Å². The van der Waals surface area contributed by atoms with Crippen LogP contribution in [-0.4, -0.2) is 16.3 Å². The molecule has 1 fully saturated rings. The maximum atomic E-state index is 10.6. The van der Waals surface area contributed by atoms with Crippen LogP contribution in [0.1, 0.15) is 81.4 Å². The highest BCUT2D eigenvalue weighted by Gasteiger charge is 2.29. The summed E-state index contributed by atoms with van der Waals surface area (Å²) < 4.78 is 0. The van der Waals surface area contributed by atoms with Gasteiger partial charge in [-0.2, -0.15) is 0 Å². The monoisotopic (exact) mass is 340 g/mol. The van der Waals surface area contributed by atoms with Crippen LogP contribution in [-0.2, 0) is 0 Å². The Labute approximate surface area is 152 Å². The van der Waals surface area contributed by atoms with Crippen LogP contribution >= 0.6 is 0 Å². The summed E-state index contributed by atoms with van der Waals surface area (Å²) >= 11 is 0. The molecule has 0 amide bonds. The first kappa shape index (κ1) is 18.4. The Kier molecular flexibility index (Phi) is 6.50. The second-order valence-corrected chi connectivity index (χ2v) is 7.68. The van der Waals surface area contributed by atoms with Gasteiger partial charge in [-0.05, 0) is 49.1 Å². The van der Waals surface area contributed by atoms with Gasteiger partial charge in [-0.25, -0.2) is 0 Å². The molecule has 2 aliphatic carbocycles. The van der Waals surface area contributed by atoms with Crippen LogP contribution in [0.3, 0.4) is 0 Å². The topological polar surface area (TPSA) is 40.5 Å². The van der Waals surface area contributed by atoms with E-state index >= 15 is 0 Å². The van der Waals surface area contributed by atoms with Gasteiger partial charge in [0.1, 0.15) is 0 Å². The lowest BCUT2D eigenvalue weighted by atomic mass is 9.87. The van der Waals surface area contributed by atoms with Crippen molar-refractivity contribution in [1.82, 2.24) is 0 Å². The Hall–Kier alpha value is -1.38. The fraction of sp³-hybridized carbons (Fsp3) is 0.565. The molecule has 1 saturated carbocycles. The van der Waals surface area contributed by atoms with Crippen LogP contribution in [0.4, 0.5) is 0 Å². The van der Waals surface area contributed by atoms with Gasteiger partial charge in [0.15, 0.2) is 0 Å². The number of aliphatic hydroxyl groups is 2. The van der Waals surface area contributed by atoms with E-state index in [9.17, 15) is 10.2 Å². The molecular weight excluding hydrogens is 308 g/mol. The fourth-order valence-corrected chi connectivity index (χ4v) is 4.38. The minimum Gasteiger partial charge on any atom is -0.392 e. The van der Waals surface area contributed by atoms with E-state index < -0.39 is 0 Å². The van der Waals surface area contributed by atoms with Crippen LogP contribution in [0.25, 0.3) is 0 Å². The summed E-state index contributed by atoms with van der Waals surface area (Å²) in [7, 11) is 0. The Morgan fingerprint density at radius 3 is 2.52 bits per heavy atom. The Balaban J connectivity index is 1.68. The maximum absolute atomic E-state index is 10.6. The highest BCUT2D eigenvalue weighted by atomic mass is 16.3. The van der Waals surface area contributed by atoms with Crippen molar-refractivity contribution < 1.29 is 10.2 Å². The first-order chi connectivity index (χ1) is 12.2. The second-order valence-electron chi connectivity index (χ2n) is 7.68. The lowest BCUT2D eigenvalue weighted by molar-refractivity contribution is 0.111. The van der Waals surface area contributed by atoms with Crippen molar-refractivity contribution in [3.05, 3.63) is 59.2 Å². The normalized spacial score (nSPS) is 25.6. The van der Waals surface area contributed by atoms with Crippen molar-refractivity contribution in [3.8, 4) is 0 Å². The Morgan fingerprint density at radius 1 is 1.12 bits per heavy atom. The molecule has 0 saturated heterocycles. The molecule has 2 N–H and O–H groups in total. The standard InChI is InChI=1S/C23H32O2/c1-2-3-4-5-8-17-15-16-21(24)22(17)18-11-13-20(14-12-18)23(25)19-9-6-7-10-19/h4-5,11-15,19,21-25H,2-3,6-10,16H2,1H3/t21-,22+,23?/m1/s1. The molecule has 0 radical (unpaired) electrons. The average molecular weight is 341 g/mol. The Bertz CT molecular complexity index is 593. The molecule has 0 spiro atoms. The lowest BCUT2D eigenvalue weighted by Gasteiger charge is -2.22. The van der Waals surface area contributed by atoms with Crippen molar-refractivity contribution in [2.75, 3.05) is 0 Å². The largest absolute Gasteiger partial charge is 0.392 e. The highest BCUT2D eigenvalue weighted by molar-refractivity contribution is 5.37. The molecule has 3 rings (SSSR count).